The highest BCUT2D eigenvalue weighted by Crippen LogP contribution is 2.43. The standard InChI is InChI=1S/C23H22F2N4O2/c1-23(2)11-15-18(16(30)12-23)20(27-14-6-4-3-5-7-14)19(28-15)13-8-9-26-17(10-13)29-22(31)21(24)25/h3-10,21,27-28H,11-12H2,1-2H3,(H,26,29,31). The number of benzene rings is 1. The Balaban J connectivity index is 1.81. The van der Waals surface area contributed by atoms with Gasteiger partial charge >= 0.3 is 6.43 Å². The van der Waals surface area contributed by atoms with Crippen LogP contribution < -0.4 is 10.6 Å². The quantitative estimate of drug-likeness (QED) is 0.527. The molecule has 3 N–H and O–H groups in total. The molecule has 1 aromatic carbocycles. The number of carbonyl (C=O) groups excluding carboxylic acids is 2. The van der Waals surface area contributed by atoms with Crippen LogP contribution in [0.3, 0.4) is 0 Å². The maximum absolute atomic E-state index is 13.0. The van der Waals surface area contributed by atoms with Gasteiger partial charge in [0, 0.05) is 29.6 Å². The number of Topliss-reactive ketones (excluding diaryl/α,β-unsaturated/α-hetero) is 1. The first-order chi connectivity index (χ1) is 14.7. The number of nitrogens with zero attached hydrogens (tertiary/aromatic N) is 1. The van der Waals surface area contributed by atoms with Crippen LogP contribution in [0.2, 0.25) is 0 Å². The number of nitrogens with one attached hydrogen (secondary N) is 3. The normalized spacial score (nSPS) is 14.9. The summed E-state index contributed by atoms with van der Waals surface area (Å²) in [5, 5.41) is 5.44. The number of hydrogen-bond acceptors (Lipinski definition) is 4. The van der Waals surface area contributed by atoms with E-state index in [-0.39, 0.29) is 17.0 Å². The van der Waals surface area contributed by atoms with Gasteiger partial charge < -0.3 is 15.6 Å². The van der Waals surface area contributed by atoms with E-state index in [1.165, 1.54) is 12.3 Å². The molecule has 0 fully saturated rings. The van der Waals surface area contributed by atoms with Crippen LogP contribution in [0.15, 0.2) is 48.7 Å². The third-order valence-electron chi connectivity index (χ3n) is 5.19. The minimum atomic E-state index is -3.14. The third kappa shape index (κ3) is 4.33. The summed E-state index contributed by atoms with van der Waals surface area (Å²) in [6.45, 7) is 4.09. The average molecular weight is 424 g/mol. The lowest BCUT2D eigenvalue weighted by molar-refractivity contribution is -0.126. The van der Waals surface area contributed by atoms with Crippen LogP contribution in [-0.4, -0.2) is 28.1 Å². The summed E-state index contributed by atoms with van der Waals surface area (Å²) in [6.07, 6.45) is -0.600. The molecule has 2 heterocycles. The van der Waals surface area contributed by atoms with Gasteiger partial charge in [-0.15, -0.1) is 0 Å². The lowest BCUT2D eigenvalue weighted by atomic mass is 9.76. The highest BCUT2D eigenvalue weighted by atomic mass is 19.3. The summed E-state index contributed by atoms with van der Waals surface area (Å²) in [6, 6.07) is 12.6. The predicted octanol–water partition coefficient (Wildman–Crippen LogP) is 5.18. The van der Waals surface area contributed by atoms with E-state index in [4.69, 9.17) is 0 Å². The number of H-pyrrole nitrogens is 1. The SMILES string of the molecule is CC1(C)CC(=O)c2c([nH]c(-c3ccnc(NC(=O)C(F)F)c3)c2Nc2ccccc2)C1. The van der Waals surface area contributed by atoms with Gasteiger partial charge in [0.15, 0.2) is 5.78 Å². The zero-order chi connectivity index (χ0) is 22.2. The van der Waals surface area contributed by atoms with Gasteiger partial charge in [-0.05, 0) is 36.1 Å². The van der Waals surface area contributed by atoms with E-state index < -0.39 is 12.3 Å². The number of alkyl halides is 2. The number of anilines is 3. The summed E-state index contributed by atoms with van der Waals surface area (Å²) in [7, 11) is 0. The number of ketones is 1. The second-order valence-electron chi connectivity index (χ2n) is 8.38. The first-order valence-corrected chi connectivity index (χ1v) is 9.89. The first kappa shape index (κ1) is 20.7. The molecule has 0 unspecified atom stereocenters. The summed E-state index contributed by atoms with van der Waals surface area (Å²) < 4.78 is 25.2. The number of carbonyl (C=O) groups is 2. The molecule has 0 atom stereocenters. The van der Waals surface area contributed by atoms with Gasteiger partial charge in [-0.25, -0.2) is 4.98 Å². The molecule has 6 nitrogen and oxygen atoms in total. The van der Waals surface area contributed by atoms with Gasteiger partial charge in [-0.3, -0.25) is 9.59 Å². The molecule has 0 spiro atoms. The van der Waals surface area contributed by atoms with E-state index in [0.717, 1.165) is 11.4 Å². The van der Waals surface area contributed by atoms with Crippen LogP contribution in [0.5, 0.6) is 0 Å². The van der Waals surface area contributed by atoms with Crippen molar-refractivity contribution in [1.82, 2.24) is 9.97 Å². The van der Waals surface area contributed by atoms with E-state index >= 15 is 0 Å². The molecule has 4 rings (SSSR count). The van der Waals surface area contributed by atoms with Crippen LogP contribution in [0.4, 0.5) is 26.0 Å². The lowest BCUT2D eigenvalue weighted by Gasteiger charge is -2.28. The fraction of sp³-hybridized carbons (Fsp3) is 0.261. The summed E-state index contributed by atoms with van der Waals surface area (Å²) >= 11 is 0. The van der Waals surface area contributed by atoms with Crippen molar-refractivity contribution in [3.8, 4) is 11.3 Å². The molecule has 8 heteroatoms. The zero-order valence-corrected chi connectivity index (χ0v) is 17.1. The number of hydrogen-bond donors (Lipinski definition) is 3. The van der Waals surface area contributed by atoms with E-state index in [9.17, 15) is 18.4 Å². The fourth-order valence-electron chi connectivity index (χ4n) is 3.90. The van der Waals surface area contributed by atoms with Crippen LogP contribution in [0.1, 0.15) is 36.3 Å². The van der Waals surface area contributed by atoms with Crippen molar-refractivity contribution in [3.05, 3.63) is 59.9 Å². The molecule has 2 aromatic heterocycles. The monoisotopic (exact) mass is 424 g/mol. The van der Waals surface area contributed by atoms with Crippen molar-refractivity contribution in [1.29, 1.82) is 0 Å². The van der Waals surface area contributed by atoms with Gasteiger partial charge in [-0.2, -0.15) is 8.78 Å². The van der Waals surface area contributed by atoms with Crippen LogP contribution in [-0.2, 0) is 11.2 Å². The lowest BCUT2D eigenvalue weighted by Crippen LogP contribution is -2.26. The van der Waals surface area contributed by atoms with Crippen molar-refractivity contribution < 1.29 is 18.4 Å². The van der Waals surface area contributed by atoms with Crippen LogP contribution >= 0.6 is 0 Å². The van der Waals surface area contributed by atoms with Crippen molar-refractivity contribution >= 4 is 28.9 Å². The molecule has 0 bridgehead atoms. The van der Waals surface area contributed by atoms with Crippen molar-refractivity contribution in [2.45, 2.75) is 33.1 Å². The Morgan fingerprint density at radius 1 is 1.16 bits per heavy atom. The largest absolute Gasteiger partial charge is 0.356 e. The number of pyridine rings is 1. The highest BCUT2D eigenvalue weighted by molar-refractivity contribution is 6.08. The Hall–Kier alpha value is -3.55. The predicted molar refractivity (Wildman–Crippen MR) is 115 cm³/mol. The Bertz CT molecular complexity index is 1140. The van der Waals surface area contributed by atoms with Crippen molar-refractivity contribution in [2.24, 2.45) is 5.41 Å². The van der Waals surface area contributed by atoms with Crippen molar-refractivity contribution in [2.75, 3.05) is 10.6 Å². The van der Waals surface area contributed by atoms with E-state index in [1.54, 1.807) is 6.07 Å². The van der Waals surface area contributed by atoms with Gasteiger partial charge in [0.05, 0.1) is 16.9 Å². The number of halogens is 2. The third-order valence-corrected chi connectivity index (χ3v) is 5.19. The molecule has 0 radical (unpaired) electrons. The second kappa shape index (κ2) is 7.94. The second-order valence-corrected chi connectivity index (χ2v) is 8.38. The Morgan fingerprint density at radius 2 is 1.90 bits per heavy atom. The number of fused-ring (bicyclic) bond motifs is 1. The summed E-state index contributed by atoms with van der Waals surface area (Å²) in [5.41, 5.74) is 3.93. The molecular weight excluding hydrogens is 402 g/mol. The smallest absolute Gasteiger partial charge is 0.315 e. The number of para-hydroxylation sites is 1. The number of aromatic amines is 1. The van der Waals surface area contributed by atoms with Gasteiger partial charge in [-0.1, -0.05) is 32.0 Å². The Kier molecular flexibility index (Phi) is 5.31. The molecule has 0 saturated carbocycles. The zero-order valence-electron chi connectivity index (χ0n) is 17.1. The molecule has 3 aromatic rings. The number of amides is 1. The van der Waals surface area contributed by atoms with Crippen LogP contribution in [0.25, 0.3) is 11.3 Å². The minimum Gasteiger partial charge on any atom is -0.356 e. The van der Waals surface area contributed by atoms with Gasteiger partial charge in [0.1, 0.15) is 5.82 Å². The van der Waals surface area contributed by atoms with Gasteiger partial charge in [0.25, 0.3) is 5.91 Å². The molecule has 0 aliphatic heterocycles. The molecule has 160 valence electrons. The minimum absolute atomic E-state index is 0.00712. The Morgan fingerprint density at radius 3 is 2.61 bits per heavy atom. The fourth-order valence-corrected chi connectivity index (χ4v) is 3.90. The topological polar surface area (TPSA) is 86.9 Å². The molecule has 1 aliphatic carbocycles. The van der Waals surface area contributed by atoms with Gasteiger partial charge in [0.2, 0.25) is 0 Å². The molecule has 1 amide bonds. The maximum Gasteiger partial charge on any atom is 0.315 e. The molecule has 31 heavy (non-hydrogen) atoms. The highest BCUT2D eigenvalue weighted by Gasteiger charge is 2.35. The van der Waals surface area contributed by atoms with E-state index in [2.05, 4.69) is 20.6 Å². The number of aromatic nitrogens is 2. The Labute approximate surface area is 178 Å². The summed E-state index contributed by atoms with van der Waals surface area (Å²) in [5.74, 6) is -1.38. The average Bonchev–Trinajstić information content (AvgIpc) is 3.06. The summed E-state index contributed by atoms with van der Waals surface area (Å²) in [4.78, 5) is 31.7. The van der Waals surface area contributed by atoms with E-state index in [0.29, 0.717) is 35.3 Å². The van der Waals surface area contributed by atoms with Crippen molar-refractivity contribution in [3.63, 3.8) is 0 Å². The van der Waals surface area contributed by atoms with Crippen LogP contribution in [0, 0.1) is 5.41 Å². The van der Waals surface area contributed by atoms with E-state index in [1.807, 2.05) is 44.2 Å². The molecular formula is C23H22F2N4O2. The molecule has 1 aliphatic rings. The maximum atomic E-state index is 13.0. The number of rotatable bonds is 5. The first-order valence-electron chi connectivity index (χ1n) is 9.89. The molecule has 0 saturated heterocycles.